The van der Waals surface area contributed by atoms with E-state index in [1.54, 1.807) is 6.20 Å². The third-order valence-electron chi connectivity index (χ3n) is 3.48. The Bertz CT molecular complexity index is 794. The quantitative estimate of drug-likeness (QED) is 0.714. The van der Waals surface area contributed by atoms with Crippen LogP contribution in [0.3, 0.4) is 0 Å². The number of carbonyl (C=O) groups is 1. The smallest absolute Gasteiger partial charge is 0.228 e. The number of carbonyl (C=O) groups excluding carboxylic acids is 1. The fourth-order valence-corrected chi connectivity index (χ4v) is 2.27. The first-order valence-electron chi connectivity index (χ1n) is 7.80. The molecule has 2 heterocycles. The van der Waals surface area contributed by atoms with Crippen LogP contribution in [-0.2, 0) is 30.7 Å². The van der Waals surface area contributed by atoms with E-state index in [9.17, 15) is 4.79 Å². The van der Waals surface area contributed by atoms with E-state index in [1.807, 2.05) is 48.1 Å². The second-order valence-electron chi connectivity index (χ2n) is 5.57. The number of hydrogen-bond donors (Lipinski definition) is 1. The van der Waals surface area contributed by atoms with Crippen LogP contribution >= 0.6 is 0 Å². The molecule has 124 valence electrons. The highest BCUT2D eigenvalue weighted by molar-refractivity contribution is 5.77. The molecule has 0 unspecified atom stereocenters. The first kappa shape index (κ1) is 15.9. The molecular formula is C17H19N5O2. The topological polar surface area (TPSA) is 85.8 Å². The van der Waals surface area contributed by atoms with Gasteiger partial charge in [-0.05, 0) is 18.1 Å². The number of benzene rings is 1. The zero-order valence-electron chi connectivity index (χ0n) is 13.5. The second-order valence-corrected chi connectivity index (χ2v) is 5.57. The number of aryl methyl sites for hydroxylation is 3. The van der Waals surface area contributed by atoms with Crippen molar-refractivity contribution in [2.45, 2.75) is 32.9 Å². The van der Waals surface area contributed by atoms with Crippen molar-refractivity contribution in [1.82, 2.24) is 25.2 Å². The fraction of sp³-hybridized carbons (Fsp3) is 0.294. The monoisotopic (exact) mass is 325 g/mol. The maximum Gasteiger partial charge on any atom is 0.228 e. The van der Waals surface area contributed by atoms with E-state index < -0.39 is 0 Å². The molecule has 0 spiro atoms. The second kappa shape index (κ2) is 7.54. The van der Waals surface area contributed by atoms with Gasteiger partial charge >= 0.3 is 0 Å². The summed E-state index contributed by atoms with van der Waals surface area (Å²) in [6, 6.07) is 9.74. The molecule has 1 aromatic carbocycles. The van der Waals surface area contributed by atoms with Crippen molar-refractivity contribution in [2.75, 3.05) is 0 Å². The molecule has 24 heavy (non-hydrogen) atoms. The maximum absolute atomic E-state index is 11.9. The van der Waals surface area contributed by atoms with Crippen LogP contribution in [0.1, 0.15) is 22.8 Å². The van der Waals surface area contributed by atoms with Crippen LogP contribution in [0.5, 0.6) is 0 Å². The van der Waals surface area contributed by atoms with E-state index in [4.69, 9.17) is 4.52 Å². The zero-order chi connectivity index (χ0) is 16.8. The van der Waals surface area contributed by atoms with E-state index >= 15 is 0 Å². The standard InChI is InChI=1S/C17H19N5O2/c1-13-10-19-22(12-13)8-7-17-20-15(21-24-17)9-16(23)18-11-14-5-3-2-4-6-14/h2-6,10,12H,7-9,11H2,1H3,(H,18,23). The van der Waals surface area contributed by atoms with Gasteiger partial charge in [-0.25, -0.2) is 0 Å². The van der Waals surface area contributed by atoms with Gasteiger partial charge in [0.05, 0.1) is 12.6 Å². The average Bonchev–Trinajstić information content (AvgIpc) is 3.21. The highest BCUT2D eigenvalue weighted by atomic mass is 16.5. The predicted octanol–water partition coefficient (Wildman–Crippen LogP) is 1.68. The van der Waals surface area contributed by atoms with E-state index in [0.29, 0.717) is 31.2 Å². The molecule has 0 radical (unpaired) electrons. The molecule has 0 aliphatic carbocycles. The number of rotatable bonds is 7. The van der Waals surface area contributed by atoms with Gasteiger partial charge in [0, 0.05) is 25.7 Å². The van der Waals surface area contributed by atoms with Gasteiger partial charge in [0.2, 0.25) is 11.8 Å². The molecule has 0 atom stereocenters. The molecule has 0 saturated heterocycles. The highest BCUT2D eigenvalue weighted by Crippen LogP contribution is 2.03. The van der Waals surface area contributed by atoms with Crippen LogP contribution < -0.4 is 5.32 Å². The Morgan fingerprint density at radius 1 is 1.29 bits per heavy atom. The molecule has 1 N–H and O–H groups in total. The summed E-state index contributed by atoms with van der Waals surface area (Å²) in [6.45, 7) is 3.14. The number of aromatic nitrogens is 4. The third kappa shape index (κ3) is 4.52. The third-order valence-corrected chi connectivity index (χ3v) is 3.48. The van der Waals surface area contributed by atoms with Crippen molar-refractivity contribution in [3.63, 3.8) is 0 Å². The lowest BCUT2D eigenvalue weighted by atomic mass is 10.2. The minimum Gasteiger partial charge on any atom is -0.352 e. The van der Waals surface area contributed by atoms with Crippen molar-refractivity contribution in [2.24, 2.45) is 0 Å². The van der Waals surface area contributed by atoms with Crippen LogP contribution in [0.25, 0.3) is 0 Å². The van der Waals surface area contributed by atoms with Crippen molar-refractivity contribution < 1.29 is 9.32 Å². The molecule has 0 aliphatic heterocycles. The highest BCUT2D eigenvalue weighted by Gasteiger charge is 2.11. The Balaban J connectivity index is 1.45. The molecule has 0 bridgehead atoms. The molecule has 0 aliphatic rings. The first-order chi connectivity index (χ1) is 11.7. The van der Waals surface area contributed by atoms with Crippen LogP contribution in [0.4, 0.5) is 0 Å². The van der Waals surface area contributed by atoms with Crippen molar-refractivity contribution in [3.05, 3.63) is 65.6 Å². The lowest BCUT2D eigenvalue weighted by Crippen LogP contribution is -2.24. The van der Waals surface area contributed by atoms with E-state index in [1.165, 1.54) is 0 Å². The zero-order valence-corrected chi connectivity index (χ0v) is 13.5. The van der Waals surface area contributed by atoms with E-state index in [-0.39, 0.29) is 12.3 Å². The summed E-state index contributed by atoms with van der Waals surface area (Å²) in [5.41, 5.74) is 2.16. The van der Waals surface area contributed by atoms with Gasteiger partial charge in [0.15, 0.2) is 5.82 Å². The SMILES string of the molecule is Cc1cnn(CCc2nc(CC(=O)NCc3ccccc3)no2)c1. The minimum atomic E-state index is -0.131. The van der Waals surface area contributed by atoms with E-state index in [0.717, 1.165) is 11.1 Å². The summed E-state index contributed by atoms with van der Waals surface area (Å²) in [5, 5.41) is 10.9. The number of nitrogens with one attached hydrogen (secondary N) is 1. The van der Waals surface area contributed by atoms with Gasteiger partial charge in [-0.1, -0.05) is 35.5 Å². The molecule has 1 amide bonds. The van der Waals surface area contributed by atoms with Gasteiger partial charge in [0.25, 0.3) is 0 Å². The Hall–Kier alpha value is -2.96. The lowest BCUT2D eigenvalue weighted by molar-refractivity contribution is -0.120. The number of amides is 1. The Labute approximate surface area is 139 Å². The summed E-state index contributed by atoms with van der Waals surface area (Å²) in [6.07, 6.45) is 4.45. The minimum absolute atomic E-state index is 0.108. The van der Waals surface area contributed by atoms with Crippen LogP contribution in [0.2, 0.25) is 0 Å². The summed E-state index contributed by atoms with van der Waals surface area (Å²) < 4.78 is 7.00. The molecular weight excluding hydrogens is 306 g/mol. The molecule has 0 saturated carbocycles. The van der Waals surface area contributed by atoms with Crippen LogP contribution in [-0.4, -0.2) is 25.8 Å². The Kier molecular flexibility index (Phi) is 5.00. The van der Waals surface area contributed by atoms with Crippen LogP contribution in [0, 0.1) is 6.92 Å². The molecule has 0 fully saturated rings. The van der Waals surface area contributed by atoms with Crippen molar-refractivity contribution in [1.29, 1.82) is 0 Å². The first-order valence-corrected chi connectivity index (χ1v) is 7.80. The van der Waals surface area contributed by atoms with Gasteiger partial charge in [0.1, 0.15) is 0 Å². The number of nitrogens with zero attached hydrogens (tertiary/aromatic N) is 4. The normalized spacial score (nSPS) is 10.7. The fourth-order valence-electron chi connectivity index (χ4n) is 2.27. The average molecular weight is 325 g/mol. The van der Waals surface area contributed by atoms with Crippen molar-refractivity contribution in [3.8, 4) is 0 Å². The van der Waals surface area contributed by atoms with Gasteiger partial charge in [-0.2, -0.15) is 10.1 Å². The molecule has 7 nitrogen and oxygen atoms in total. The van der Waals surface area contributed by atoms with Gasteiger partial charge in [-0.3, -0.25) is 9.48 Å². The maximum atomic E-state index is 11.9. The van der Waals surface area contributed by atoms with Gasteiger partial charge in [-0.15, -0.1) is 0 Å². The lowest BCUT2D eigenvalue weighted by Gasteiger charge is -2.03. The summed E-state index contributed by atoms with van der Waals surface area (Å²) in [5.74, 6) is 0.773. The van der Waals surface area contributed by atoms with E-state index in [2.05, 4.69) is 20.6 Å². The van der Waals surface area contributed by atoms with Gasteiger partial charge < -0.3 is 9.84 Å². The molecule has 7 heteroatoms. The molecule has 3 aromatic rings. The molecule has 3 rings (SSSR count). The summed E-state index contributed by atoms with van der Waals surface area (Å²) in [7, 11) is 0. The van der Waals surface area contributed by atoms with Crippen molar-refractivity contribution >= 4 is 5.91 Å². The summed E-state index contributed by atoms with van der Waals surface area (Å²) in [4.78, 5) is 16.2. The van der Waals surface area contributed by atoms with Crippen LogP contribution in [0.15, 0.2) is 47.2 Å². The predicted molar refractivity (Wildman–Crippen MR) is 87.0 cm³/mol. The Morgan fingerprint density at radius 3 is 2.88 bits per heavy atom. The molecule has 2 aromatic heterocycles. The number of hydrogen-bond acceptors (Lipinski definition) is 5. The Morgan fingerprint density at radius 2 is 2.12 bits per heavy atom. The summed E-state index contributed by atoms with van der Waals surface area (Å²) >= 11 is 0. The largest absolute Gasteiger partial charge is 0.352 e.